The SMILES string of the molecule is Cc1ccc(C(C)C)c(OCC(=O)NN=Cc2cc(Br)c(O)c(Br)c2O)c1. The first-order valence-corrected chi connectivity index (χ1v) is 9.74. The van der Waals surface area contributed by atoms with Gasteiger partial charge in [0.05, 0.1) is 10.7 Å². The number of benzene rings is 2. The Balaban J connectivity index is 2.00. The van der Waals surface area contributed by atoms with Crippen LogP contribution in [0.1, 0.15) is 36.5 Å². The van der Waals surface area contributed by atoms with E-state index in [2.05, 4.69) is 56.2 Å². The minimum absolute atomic E-state index is 0.124. The fourth-order valence-corrected chi connectivity index (χ4v) is 3.46. The van der Waals surface area contributed by atoms with Crippen LogP contribution in [0.3, 0.4) is 0 Å². The highest BCUT2D eigenvalue weighted by molar-refractivity contribution is 9.11. The lowest BCUT2D eigenvalue weighted by atomic mass is 10.0. The first kappa shape index (κ1) is 21.2. The number of hydrogen-bond acceptors (Lipinski definition) is 5. The fraction of sp³-hybridized carbons (Fsp3) is 0.263. The number of hydrogen-bond donors (Lipinski definition) is 3. The van der Waals surface area contributed by atoms with Crippen LogP contribution < -0.4 is 10.2 Å². The summed E-state index contributed by atoms with van der Waals surface area (Å²) in [6, 6.07) is 7.38. The van der Waals surface area contributed by atoms with Crippen molar-refractivity contribution in [2.75, 3.05) is 6.61 Å². The van der Waals surface area contributed by atoms with E-state index >= 15 is 0 Å². The molecule has 0 aromatic heterocycles. The monoisotopic (exact) mass is 498 g/mol. The number of carbonyl (C=O) groups is 1. The van der Waals surface area contributed by atoms with Crippen molar-refractivity contribution >= 4 is 44.0 Å². The zero-order chi connectivity index (χ0) is 20.1. The molecule has 8 heteroatoms. The second-order valence-electron chi connectivity index (χ2n) is 6.24. The summed E-state index contributed by atoms with van der Waals surface area (Å²) in [5.74, 6) is 0.204. The van der Waals surface area contributed by atoms with Crippen LogP contribution in [0.25, 0.3) is 0 Å². The van der Waals surface area contributed by atoms with Gasteiger partial charge in [-0.05, 0) is 68.0 Å². The first-order valence-electron chi connectivity index (χ1n) is 8.15. The minimum Gasteiger partial charge on any atom is -0.506 e. The number of phenolic OH excluding ortho intramolecular Hbond substituents is 2. The summed E-state index contributed by atoms with van der Waals surface area (Å²) in [7, 11) is 0. The Bertz CT molecular complexity index is 882. The Hall–Kier alpha value is -2.06. The molecule has 0 atom stereocenters. The zero-order valence-electron chi connectivity index (χ0n) is 15.1. The molecule has 27 heavy (non-hydrogen) atoms. The van der Waals surface area contributed by atoms with Crippen molar-refractivity contribution < 1.29 is 19.7 Å². The van der Waals surface area contributed by atoms with Crippen molar-refractivity contribution in [3.63, 3.8) is 0 Å². The van der Waals surface area contributed by atoms with E-state index in [0.29, 0.717) is 15.8 Å². The smallest absolute Gasteiger partial charge is 0.277 e. The second kappa shape index (κ2) is 9.23. The van der Waals surface area contributed by atoms with Gasteiger partial charge in [-0.15, -0.1) is 0 Å². The van der Waals surface area contributed by atoms with E-state index in [4.69, 9.17) is 4.74 Å². The average molecular weight is 500 g/mol. The molecule has 0 aliphatic rings. The molecule has 0 aliphatic carbocycles. The molecule has 0 heterocycles. The van der Waals surface area contributed by atoms with Crippen LogP contribution in [0.5, 0.6) is 17.2 Å². The molecule has 0 aliphatic heterocycles. The topological polar surface area (TPSA) is 91.2 Å². The Morgan fingerprint density at radius 3 is 2.63 bits per heavy atom. The lowest BCUT2D eigenvalue weighted by Gasteiger charge is -2.14. The number of ether oxygens (including phenoxy) is 1. The molecule has 6 nitrogen and oxygen atoms in total. The average Bonchev–Trinajstić information content (AvgIpc) is 2.62. The molecular formula is C19H20Br2N2O4. The standard InChI is InChI=1S/C19H20Br2N2O4/c1-10(2)13-5-4-11(3)6-15(13)27-9-16(24)23-22-8-12-7-14(20)19(26)17(21)18(12)25/h4-8,10,25-26H,9H2,1-3H3,(H,23,24). The number of amides is 1. The van der Waals surface area contributed by atoms with Crippen LogP contribution in [0.2, 0.25) is 0 Å². The van der Waals surface area contributed by atoms with Gasteiger partial charge >= 0.3 is 0 Å². The van der Waals surface area contributed by atoms with E-state index < -0.39 is 5.91 Å². The van der Waals surface area contributed by atoms with E-state index in [1.54, 1.807) is 0 Å². The van der Waals surface area contributed by atoms with Crippen LogP contribution in [-0.4, -0.2) is 28.9 Å². The molecule has 3 N–H and O–H groups in total. The van der Waals surface area contributed by atoms with E-state index in [1.807, 2.05) is 25.1 Å². The maximum Gasteiger partial charge on any atom is 0.277 e. The van der Waals surface area contributed by atoms with Crippen molar-refractivity contribution in [1.82, 2.24) is 5.43 Å². The Morgan fingerprint density at radius 1 is 1.26 bits per heavy atom. The number of carbonyl (C=O) groups excluding carboxylic acids is 1. The molecule has 1 amide bonds. The quantitative estimate of drug-likeness (QED) is 0.400. The summed E-state index contributed by atoms with van der Waals surface area (Å²) in [5, 5.41) is 23.5. The third-order valence-electron chi connectivity index (χ3n) is 3.74. The normalized spacial score (nSPS) is 11.2. The number of hydrazone groups is 1. The highest BCUT2D eigenvalue weighted by Gasteiger charge is 2.13. The molecule has 0 bridgehead atoms. The molecule has 0 unspecified atom stereocenters. The molecule has 0 saturated carbocycles. The number of aromatic hydroxyl groups is 2. The van der Waals surface area contributed by atoms with Crippen LogP contribution >= 0.6 is 31.9 Å². The minimum atomic E-state index is -0.432. The molecule has 0 radical (unpaired) electrons. The van der Waals surface area contributed by atoms with Crippen LogP contribution in [-0.2, 0) is 4.79 Å². The maximum atomic E-state index is 12.0. The van der Waals surface area contributed by atoms with Crippen molar-refractivity contribution in [2.24, 2.45) is 5.10 Å². The number of nitrogens with zero attached hydrogens (tertiary/aromatic N) is 1. The highest BCUT2D eigenvalue weighted by atomic mass is 79.9. The van der Waals surface area contributed by atoms with E-state index in [9.17, 15) is 15.0 Å². The van der Waals surface area contributed by atoms with Gasteiger partial charge in [-0.3, -0.25) is 4.79 Å². The van der Waals surface area contributed by atoms with Crippen molar-refractivity contribution in [2.45, 2.75) is 26.7 Å². The first-order chi connectivity index (χ1) is 12.7. The third-order valence-corrected chi connectivity index (χ3v) is 5.10. The molecule has 0 spiro atoms. The van der Waals surface area contributed by atoms with Gasteiger partial charge in [0.15, 0.2) is 6.61 Å². The number of aryl methyl sites for hydroxylation is 1. The van der Waals surface area contributed by atoms with E-state index in [0.717, 1.165) is 11.1 Å². The van der Waals surface area contributed by atoms with Gasteiger partial charge in [-0.2, -0.15) is 5.10 Å². The summed E-state index contributed by atoms with van der Waals surface area (Å²) >= 11 is 6.24. The molecule has 0 fully saturated rings. The zero-order valence-corrected chi connectivity index (χ0v) is 18.3. The third kappa shape index (κ3) is 5.46. The predicted octanol–water partition coefficient (Wildman–Crippen LogP) is 4.58. The van der Waals surface area contributed by atoms with Gasteiger partial charge in [0.25, 0.3) is 5.91 Å². The molecular weight excluding hydrogens is 480 g/mol. The predicted molar refractivity (Wildman–Crippen MR) is 112 cm³/mol. The summed E-state index contributed by atoms with van der Waals surface area (Å²) in [4.78, 5) is 12.0. The Morgan fingerprint density at radius 2 is 1.96 bits per heavy atom. The van der Waals surface area contributed by atoms with Gasteiger partial charge < -0.3 is 14.9 Å². The summed E-state index contributed by atoms with van der Waals surface area (Å²) < 4.78 is 6.15. The van der Waals surface area contributed by atoms with Crippen molar-refractivity contribution in [1.29, 1.82) is 0 Å². The summed E-state index contributed by atoms with van der Waals surface area (Å²) in [6.45, 7) is 5.89. The number of phenols is 2. The Kier molecular flexibility index (Phi) is 7.26. The van der Waals surface area contributed by atoms with E-state index in [1.165, 1.54) is 12.3 Å². The molecule has 144 valence electrons. The van der Waals surface area contributed by atoms with Gasteiger partial charge in [0, 0.05) is 5.56 Å². The lowest BCUT2D eigenvalue weighted by Crippen LogP contribution is -2.25. The lowest BCUT2D eigenvalue weighted by molar-refractivity contribution is -0.123. The Labute approximate surface area is 174 Å². The largest absolute Gasteiger partial charge is 0.506 e. The summed E-state index contributed by atoms with van der Waals surface area (Å²) in [6.07, 6.45) is 1.27. The van der Waals surface area contributed by atoms with Crippen LogP contribution in [0.15, 0.2) is 38.3 Å². The second-order valence-corrected chi connectivity index (χ2v) is 7.88. The molecule has 0 saturated heterocycles. The van der Waals surface area contributed by atoms with Crippen molar-refractivity contribution in [3.8, 4) is 17.2 Å². The van der Waals surface area contributed by atoms with Gasteiger partial charge in [-0.25, -0.2) is 5.43 Å². The van der Waals surface area contributed by atoms with Gasteiger partial charge in [-0.1, -0.05) is 26.0 Å². The summed E-state index contributed by atoms with van der Waals surface area (Å²) in [5.41, 5.74) is 4.74. The van der Waals surface area contributed by atoms with Crippen molar-refractivity contribution in [3.05, 3.63) is 49.9 Å². The van der Waals surface area contributed by atoms with Gasteiger partial charge in [0.1, 0.15) is 21.7 Å². The molecule has 2 rings (SSSR count). The maximum absolute atomic E-state index is 12.0. The molecule has 2 aromatic carbocycles. The number of rotatable bonds is 6. The highest BCUT2D eigenvalue weighted by Crippen LogP contribution is 2.40. The fourth-order valence-electron chi connectivity index (χ4n) is 2.31. The van der Waals surface area contributed by atoms with Crippen LogP contribution in [0.4, 0.5) is 0 Å². The van der Waals surface area contributed by atoms with Gasteiger partial charge in [0.2, 0.25) is 0 Å². The number of halogens is 2. The van der Waals surface area contributed by atoms with Crippen LogP contribution in [0, 0.1) is 6.92 Å². The van der Waals surface area contributed by atoms with E-state index in [-0.39, 0.29) is 28.5 Å². The molecule has 2 aromatic rings. The number of nitrogens with one attached hydrogen (secondary N) is 1.